The largest absolute Gasteiger partial charge is 0.491 e. The number of hydrogen-bond acceptors (Lipinski definition) is 3. The van der Waals surface area contributed by atoms with Gasteiger partial charge in [0.1, 0.15) is 11.6 Å². The Labute approximate surface area is 184 Å². The maximum atomic E-state index is 13.6. The van der Waals surface area contributed by atoms with Crippen LogP contribution in [0.5, 0.6) is 5.75 Å². The van der Waals surface area contributed by atoms with Crippen LogP contribution in [0.15, 0.2) is 60.7 Å². The highest BCUT2D eigenvalue weighted by molar-refractivity contribution is 6.06. The van der Waals surface area contributed by atoms with E-state index in [1.165, 1.54) is 0 Å². The Morgan fingerprint density at radius 1 is 0.935 bits per heavy atom. The molecule has 1 aliphatic heterocycles. The molecule has 0 saturated carbocycles. The average Bonchev–Trinajstić information content (AvgIpc) is 3.02. The predicted octanol–water partition coefficient (Wildman–Crippen LogP) is 5.55. The van der Waals surface area contributed by atoms with E-state index in [4.69, 9.17) is 9.72 Å². The van der Waals surface area contributed by atoms with Crippen LogP contribution in [-0.4, -0.2) is 17.5 Å². The first-order valence-electron chi connectivity index (χ1n) is 11.1. The summed E-state index contributed by atoms with van der Waals surface area (Å²) in [6, 6.07) is 20.5. The first kappa shape index (κ1) is 21.1. The summed E-state index contributed by atoms with van der Waals surface area (Å²) in [7, 11) is 0. The van der Waals surface area contributed by atoms with Gasteiger partial charge in [0, 0.05) is 11.1 Å². The minimum Gasteiger partial charge on any atom is -0.491 e. The van der Waals surface area contributed by atoms with Crippen molar-refractivity contribution >= 4 is 11.7 Å². The van der Waals surface area contributed by atoms with E-state index in [2.05, 4.69) is 43.4 Å². The van der Waals surface area contributed by atoms with E-state index in [0.717, 1.165) is 46.5 Å². The van der Waals surface area contributed by atoms with E-state index in [-0.39, 0.29) is 5.91 Å². The van der Waals surface area contributed by atoms with Gasteiger partial charge in [0.05, 0.1) is 17.7 Å². The van der Waals surface area contributed by atoms with Crippen molar-refractivity contribution in [2.24, 2.45) is 0 Å². The van der Waals surface area contributed by atoms with Crippen molar-refractivity contribution < 1.29 is 9.53 Å². The van der Waals surface area contributed by atoms with Gasteiger partial charge >= 0.3 is 0 Å². The summed E-state index contributed by atoms with van der Waals surface area (Å²) in [5.74, 6) is 1.50. The van der Waals surface area contributed by atoms with Gasteiger partial charge < -0.3 is 10.1 Å². The number of rotatable bonds is 8. The minimum absolute atomic E-state index is 0.0101. The van der Waals surface area contributed by atoms with E-state index < -0.39 is 5.41 Å². The molecule has 0 spiro atoms. The number of ether oxygens (including phenoxy) is 1. The molecule has 4 rings (SSSR count). The third-order valence-corrected chi connectivity index (χ3v) is 6.15. The van der Waals surface area contributed by atoms with Crippen LogP contribution >= 0.6 is 0 Å². The van der Waals surface area contributed by atoms with Crippen molar-refractivity contribution in [3.63, 3.8) is 0 Å². The van der Waals surface area contributed by atoms with Gasteiger partial charge in [-0.3, -0.25) is 4.79 Å². The molecule has 0 radical (unpaired) electrons. The molecule has 4 nitrogen and oxygen atoms in total. The van der Waals surface area contributed by atoms with Gasteiger partial charge in [0.25, 0.3) is 0 Å². The smallest absolute Gasteiger partial charge is 0.237 e. The molecule has 160 valence electrons. The van der Waals surface area contributed by atoms with Crippen molar-refractivity contribution in [2.45, 2.75) is 51.9 Å². The lowest BCUT2D eigenvalue weighted by Crippen LogP contribution is -2.39. The molecule has 3 aromatic rings. The number of pyridine rings is 1. The van der Waals surface area contributed by atoms with Gasteiger partial charge in [-0.25, -0.2) is 4.98 Å². The predicted molar refractivity (Wildman–Crippen MR) is 125 cm³/mol. The zero-order valence-electron chi connectivity index (χ0n) is 18.6. The Kier molecular flexibility index (Phi) is 6.08. The average molecular weight is 415 g/mol. The van der Waals surface area contributed by atoms with E-state index in [9.17, 15) is 4.79 Å². The number of aryl methyl sites for hydroxylation is 1. The van der Waals surface area contributed by atoms with E-state index in [1.54, 1.807) is 0 Å². The third-order valence-electron chi connectivity index (χ3n) is 6.15. The molecule has 31 heavy (non-hydrogen) atoms. The Morgan fingerprint density at radius 2 is 1.52 bits per heavy atom. The lowest BCUT2D eigenvalue weighted by Gasteiger charge is -2.30. The standard InChI is InChI=1S/C27H30N2O2/c1-4-5-16-31-24-19(2)23-25(28-20(24)3)29-26(30)27(23,17-21-12-8-6-9-13-21)18-22-14-10-7-11-15-22/h6-15H,4-5,16-18H2,1-3H3,(H,28,29,30). The quantitative estimate of drug-likeness (QED) is 0.492. The van der Waals surface area contributed by atoms with Crippen LogP contribution in [0, 0.1) is 13.8 Å². The number of unbranched alkanes of at least 4 members (excludes halogenated alkanes) is 1. The minimum atomic E-state index is -0.730. The van der Waals surface area contributed by atoms with Crippen LogP contribution in [0.2, 0.25) is 0 Å². The molecular weight excluding hydrogens is 384 g/mol. The van der Waals surface area contributed by atoms with Gasteiger partial charge in [-0.15, -0.1) is 0 Å². The molecule has 2 aromatic carbocycles. The molecule has 0 unspecified atom stereocenters. The molecular formula is C27H30N2O2. The summed E-state index contributed by atoms with van der Waals surface area (Å²) >= 11 is 0. The highest BCUT2D eigenvalue weighted by atomic mass is 16.5. The second kappa shape index (κ2) is 8.93. The van der Waals surface area contributed by atoms with Gasteiger partial charge in [0.2, 0.25) is 5.91 Å². The lowest BCUT2D eigenvalue weighted by molar-refractivity contribution is -0.120. The second-order valence-electron chi connectivity index (χ2n) is 8.44. The number of nitrogens with one attached hydrogen (secondary N) is 1. The highest BCUT2D eigenvalue weighted by Crippen LogP contribution is 2.46. The number of nitrogens with zero attached hydrogens (tertiary/aromatic N) is 1. The second-order valence-corrected chi connectivity index (χ2v) is 8.44. The van der Waals surface area contributed by atoms with Gasteiger partial charge in [-0.05, 0) is 44.2 Å². The number of aromatic nitrogens is 1. The van der Waals surface area contributed by atoms with Crippen LogP contribution in [0.4, 0.5) is 5.82 Å². The normalized spacial score (nSPS) is 14.2. The zero-order chi connectivity index (χ0) is 21.8. The Morgan fingerprint density at radius 3 is 2.06 bits per heavy atom. The van der Waals surface area contributed by atoms with Crippen LogP contribution in [0.25, 0.3) is 0 Å². The molecule has 4 heteroatoms. The Hall–Kier alpha value is -3.14. The molecule has 0 fully saturated rings. The molecule has 1 aromatic heterocycles. The number of carbonyl (C=O) groups is 1. The number of benzene rings is 2. The maximum absolute atomic E-state index is 13.6. The topological polar surface area (TPSA) is 51.2 Å². The number of carbonyl (C=O) groups excluding carboxylic acids is 1. The Bertz CT molecular complexity index is 1020. The fourth-order valence-electron chi connectivity index (χ4n) is 4.67. The summed E-state index contributed by atoms with van der Waals surface area (Å²) < 4.78 is 6.16. The SMILES string of the molecule is CCCCOc1c(C)nc2c(c1C)C(Cc1ccccc1)(Cc1ccccc1)C(=O)N2. The summed E-state index contributed by atoms with van der Waals surface area (Å²) in [4.78, 5) is 18.4. The monoisotopic (exact) mass is 414 g/mol. The van der Waals surface area contributed by atoms with Crippen molar-refractivity contribution in [1.29, 1.82) is 0 Å². The molecule has 0 aliphatic carbocycles. The fourth-order valence-corrected chi connectivity index (χ4v) is 4.67. The van der Waals surface area contributed by atoms with E-state index >= 15 is 0 Å². The number of fused-ring (bicyclic) bond motifs is 1. The molecule has 0 atom stereocenters. The first-order chi connectivity index (χ1) is 15.0. The summed E-state index contributed by atoms with van der Waals surface area (Å²) in [5.41, 5.74) is 4.35. The van der Waals surface area contributed by atoms with Crippen LogP contribution in [-0.2, 0) is 23.1 Å². The number of amides is 1. The number of anilines is 1. The lowest BCUT2D eigenvalue weighted by atomic mass is 9.71. The number of hydrogen-bond donors (Lipinski definition) is 1. The molecule has 0 bridgehead atoms. The van der Waals surface area contributed by atoms with Crippen molar-refractivity contribution in [1.82, 2.24) is 4.98 Å². The van der Waals surface area contributed by atoms with Crippen LogP contribution in [0.1, 0.15) is 47.7 Å². The van der Waals surface area contributed by atoms with Crippen molar-refractivity contribution in [3.8, 4) is 5.75 Å². The van der Waals surface area contributed by atoms with Crippen molar-refractivity contribution in [2.75, 3.05) is 11.9 Å². The molecule has 1 amide bonds. The summed E-state index contributed by atoms with van der Waals surface area (Å²) in [6.45, 7) is 6.83. The third kappa shape index (κ3) is 4.07. The molecule has 1 N–H and O–H groups in total. The van der Waals surface area contributed by atoms with Crippen LogP contribution < -0.4 is 10.1 Å². The highest BCUT2D eigenvalue weighted by Gasteiger charge is 2.49. The molecule has 2 heterocycles. The summed E-state index contributed by atoms with van der Waals surface area (Å²) in [5, 5.41) is 3.10. The van der Waals surface area contributed by atoms with E-state index in [1.807, 2.05) is 43.3 Å². The van der Waals surface area contributed by atoms with Crippen molar-refractivity contribution in [3.05, 3.63) is 88.6 Å². The van der Waals surface area contributed by atoms with Gasteiger partial charge in [-0.2, -0.15) is 0 Å². The first-order valence-corrected chi connectivity index (χ1v) is 11.1. The Balaban J connectivity index is 1.85. The maximum Gasteiger partial charge on any atom is 0.237 e. The van der Waals surface area contributed by atoms with Gasteiger partial charge in [0.15, 0.2) is 0 Å². The van der Waals surface area contributed by atoms with E-state index in [0.29, 0.717) is 25.3 Å². The fraction of sp³-hybridized carbons (Fsp3) is 0.333. The molecule has 0 saturated heterocycles. The summed E-state index contributed by atoms with van der Waals surface area (Å²) in [6.07, 6.45) is 3.29. The zero-order valence-corrected chi connectivity index (χ0v) is 18.6. The molecule has 1 aliphatic rings. The van der Waals surface area contributed by atoms with Crippen LogP contribution in [0.3, 0.4) is 0 Å². The van der Waals surface area contributed by atoms with Gasteiger partial charge in [-0.1, -0.05) is 74.0 Å².